The Morgan fingerprint density at radius 2 is 1.62 bits per heavy atom. The summed E-state index contributed by atoms with van der Waals surface area (Å²) in [5.41, 5.74) is 4.79. The highest BCUT2D eigenvalue weighted by Gasteiger charge is 2.16. The predicted octanol–water partition coefficient (Wildman–Crippen LogP) is 5.19. The first-order valence-corrected chi connectivity index (χ1v) is 11.8. The number of anilines is 1. The van der Waals surface area contributed by atoms with Crippen molar-refractivity contribution >= 4 is 52.2 Å². The van der Waals surface area contributed by atoms with Crippen molar-refractivity contribution in [2.24, 2.45) is 5.10 Å². The molecule has 37 heavy (non-hydrogen) atoms. The Morgan fingerprint density at radius 1 is 0.919 bits per heavy atom. The van der Waals surface area contributed by atoms with Gasteiger partial charge in [0.25, 0.3) is 11.8 Å². The zero-order chi connectivity index (χ0) is 26.4. The average molecular weight is 513 g/mol. The number of phenols is 1. The van der Waals surface area contributed by atoms with Crippen molar-refractivity contribution in [3.63, 3.8) is 0 Å². The van der Waals surface area contributed by atoms with Crippen molar-refractivity contribution in [1.29, 1.82) is 0 Å². The van der Waals surface area contributed by atoms with E-state index < -0.39 is 11.8 Å². The number of carbonyl (C=O) groups is 2. The highest BCUT2D eigenvalue weighted by atomic mass is 35.5. The zero-order valence-corrected chi connectivity index (χ0v) is 21.0. The normalized spacial score (nSPS) is 11.5. The summed E-state index contributed by atoms with van der Waals surface area (Å²) < 4.78 is 0. The number of fused-ring (bicyclic) bond motifs is 1. The van der Waals surface area contributed by atoms with Gasteiger partial charge < -0.3 is 15.3 Å². The molecule has 0 aliphatic carbocycles. The van der Waals surface area contributed by atoms with E-state index in [0.717, 1.165) is 16.5 Å². The van der Waals surface area contributed by atoms with E-state index in [2.05, 4.69) is 15.8 Å². The van der Waals surface area contributed by atoms with E-state index in [9.17, 15) is 14.7 Å². The second-order valence-electron chi connectivity index (χ2n) is 8.40. The summed E-state index contributed by atoms with van der Waals surface area (Å²) in [6, 6.07) is 24.9. The minimum absolute atomic E-state index is 0.0261. The largest absolute Gasteiger partial charge is 0.507 e. The van der Waals surface area contributed by atoms with Gasteiger partial charge in [0.15, 0.2) is 0 Å². The molecule has 0 spiro atoms. The molecular weight excluding hydrogens is 488 g/mol. The molecule has 186 valence electrons. The number of halogens is 1. The van der Waals surface area contributed by atoms with Crippen LogP contribution in [0.3, 0.4) is 0 Å². The predicted molar refractivity (Wildman–Crippen MR) is 149 cm³/mol. The third kappa shape index (κ3) is 6.15. The van der Waals surface area contributed by atoms with Crippen molar-refractivity contribution in [1.82, 2.24) is 10.7 Å². The fourth-order valence-electron chi connectivity index (χ4n) is 3.66. The SMILES string of the molecule is CN(C)c1ccc(C=C(NC(=O)c2ccccc2Cl)C(=O)N/N=C/c2c(O)ccc3ccccc23)cc1. The summed E-state index contributed by atoms with van der Waals surface area (Å²) in [6.07, 6.45) is 2.92. The Morgan fingerprint density at radius 3 is 2.35 bits per heavy atom. The first kappa shape index (κ1) is 25.5. The Hall–Kier alpha value is -4.62. The maximum atomic E-state index is 13.1. The molecule has 0 aliphatic heterocycles. The Labute approximate surface area is 219 Å². The molecule has 8 heteroatoms. The Kier molecular flexibility index (Phi) is 7.86. The highest BCUT2D eigenvalue weighted by Crippen LogP contribution is 2.25. The number of benzene rings is 4. The average Bonchev–Trinajstić information content (AvgIpc) is 2.90. The monoisotopic (exact) mass is 512 g/mol. The maximum Gasteiger partial charge on any atom is 0.287 e. The van der Waals surface area contributed by atoms with Crippen LogP contribution in [0.5, 0.6) is 5.75 Å². The van der Waals surface area contributed by atoms with E-state index in [0.29, 0.717) is 11.1 Å². The molecule has 7 nitrogen and oxygen atoms in total. The molecule has 3 N–H and O–H groups in total. The van der Waals surface area contributed by atoms with Gasteiger partial charge in [-0.2, -0.15) is 5.10 Å². The maximum absolute atomic E-state index is 13.1. The van der Waals surface area contributed by atoms with Gasteiger partial charge in [-0.05, 0) is 52.7 Å². The summed E-state index contributed by atoms with van der Waals surface area (Å²) >= 11 is 6.17. The second-order valence-corrected chi connectivity index (χ2v) is 8.80. The lowest BCUT2D eigenvalue weighted by Gasteiger charge is -2.13. The van der Waals surface area contributed by atoms with Crippen molar-refractivity contribution in [2.75, 3.05) is 19.0 Å². The number of nitrogens with zero attached hydrogens (tertiary/aromatic N) is 2. The van der Waals surface area contributed by atoms with E-state index in [4.69, 9.17) is 11.6 Å². The first-order chi connectivity index (χ1) is 17.8. The molecule has 0 heterocycles. The summed E-state index contributed by atoms with van der Waals surface area (Å²) in [4.78, 5) is 28.0. The van der Waals surface area contributed by atoms with Crippen LogP contribution in [0.4, 0.5) is 5.69 Å². The highest BCUT2D eigenvalue weighted by molar-refractivity contribution is 6.34. The number of phenolic OH excluding ortho intramolecular Hbond substituents is 1. The van der Waals surface area contributed by atoms with Crippen molar-refractivity contribution in [3.05, 3.63) is 112 Å². The third-order valence-electron chi connectivity index (χ3n) is 5.64. The number of rotatable bonds is 7. The van der Waals surface area contributed by atoms with Gasteiger partial charge >= 0.3 is 0 Å². The molecule has 0 fully saturated rings. The lowest BCUT2D eigenvalue weighted by Crippen LogP contribution is -2.33. The molecule has 0 atom stereocenters. The van der Waals surface area contributed by atoms with Crippen LogP contribution in [0.15, 0.2) is 95.7 Å². The first-order valence-electron chi connectivity index (χ1n) is 11.4. The molecule has 0 radical (unpaired) electrons. The molecule has 4 rings (SSSR count). The Bertz CT molecular complexity index is 1510. The molecule has 0 unspecified atom stereocenters. The number of carbonyl (C=O) groups excluding carboxylic acids is 2. The van der Waals surface area contributed by atoms with E-state index in [1.165, 1.54) is 6.21 Å². The van der Waals surface area contributed by atoms with Crippen molar-refractivity contribution in [3.8, 4) is 5.75 Å². The fraction of sp³-hybridized carbons (Fsp3) is 0.0690. The van der Waals surface area contributed by atoms with Gasteiger partial charge in [-0.3, -0.25) is 9.59 Å². The second kappa shape index (κ2) is 11.4. The number of hydrogen-bond donors (Lipinski definition) is 3. The molecule has 4 aromatic rings. The van der Waals surface area contributed by atoms with Crippen LogP contribution in [0.25, 0.3) is 16.8 Å². The molecule has 0 saturated carbocycles. The van der Waals surface area contributed by atoms with Crippen LogP contribution < -0.4 is 15.6 Å². The quantitative estimate of drug-likeness (QED) is 0.180. The van der Waals surface area contributed by atoms with Gasteiger partial charge in [0.2, 0.25) is 0 Å². The van der Waals surface area contributed by atoms with Crippen LogP contribution >= 0.6 is 11.6 Å². The van der Waals surface area contributed by atoms with Gasteiger partial charge in [0.05, 0.1) is 16.8 Å². The lowest BCUT2D eigenvalue weighted by molar-refractivity contribution is -0.117. The fourth-order valence-corrected chi connectivity index (χ4v) is 3.89. The number of hydrogen-bond acceptors (Lipinski definition) is 5. The summed E-state index contributed by atoms with van der Waals surface area (Å²) in [5.74, 6) is -1.15. The van der Waals surface area contributed by atoms with Crippen molar-refractivity contribution < 1.29 is 14.7 Å². The van der Waals surface area contributed by atoms with Crippen LogP contribution in [-0.4, -0.2) is 37.2 Å². The van der Waals surface area contributed by atoms with Gasteiger partial charge in [-0.1, -0.05) is 66.2 Å². The van der Waals surface area contributed by atoms with E-state index in [-0.39, 0.29) is 22.0 Å². The summed E-state index contributed by atoms with van der Waals surface area (Å²) in [6.45, 7) is 0. The van der Waals surface area contributed by atoms with Gasteiger partial charge in [0.1, 0.15) is 11.4 Å². The number of hydrazone groups is 1. The number of aromatic hydroxyl groups is 1. The lowest BCUT2D eigenvalue weighted by atomic mass is 10.0. The molecule has 4 aromatic carbocycles. The molecule has 0 aromatic heterocycles. The molecule has 0 aliphatic rings. The van der Waals surface area contributed by atoms with Gasteiger partial charge in [0, 0.05) is 25.3 Å². The van der Waals surface area contributed by atoms with E-state index >= 15 is 0 Å². The molecule has 0 saturated heterocycles. The number of amides is 2. The third-order valence-corrected chi connectivity index (χ3v) is 5.97. The van der Waals surface area contributed by atoms with Crippen LogP contribution in [0.2, 0.25) is 5.02 Å². The van der Waals surface area contributed by atoms with Crippen LogP contribution in [0.1, 0.15) is 21.5 Å². The standard InChI is InChI=1S/C29H25ClN4O3/c1-34(2)21-14-11-19(12-15-21)17-26(32-28(36)23-9-5-6-10-25(23)30)29(37)33-31-18-24-22-8-4-3-7-20(22)13-16-27(24)35/h3-18,35H,1-2H3,(H,32,36)(H,33,37)/b26-17?,31-18+. The van der Waals surface area contributed by atoms with Gasteiger partial charge in [-0.15, -0.1) is 0 Å². The minimum atomic E-state index is -0.645. The summed E-state index contributed by atoms with van der Waals surface area (Å²) in [7, 11) is 3.86. The smallest absolute Gasteiger partial charge is 0.287 e. The van der Waals surface area contributed by atoms with Gasteiger partial charge in [-0.25, -0.2) is 5.43 Å². The van der Waals surface area contributed by atoms with Crippen LogP contribution in [-0.2, 0) is 4.79 Å². The topological polar surface area (TPSA) is 94.0 Å². The minimum Gasteiger partial charge on any atom is -0.507 e. The molecule has 2 amide bonds. The van der Waals surface area contributed by atoms with Crippen molar-refractivity contribution in [2.45, 2.75) is 0 Å². The molecular formula is C29H25ClN4O3. The van der Waals surface area contributed by atoms with E-state index in [1.807, 2.05) is 67.5 Å². The Balaban J connectivity index is 1.61. The number of nitrogens with one attached hydrogen (secondary N) is 2. The zero-order valence-electron chi connectivity index (χ0n) is 20.3. The van der Waals surface area contributed by atoms with Crippen LogP contribution in [0, 0.1) is 0 Å². The van der Waals surface area contributed by atoms with E-state index in [1.54, 1.807) is 42.5 Å². The molecule has 0 bridgehead atoms. The summed E-state index contributed by atoms with van der Waals surface area (Å²) in [5, 5.41) is 19.0.